The van der Waals surface area contributed by atoms with Crippen LogP contribution in [0.2, 0.25) is 0 Å². The molecule has 1 saturated carbocycles. The van der Waals surface area contributed by atoms with Gasteiger partial charge in [-0.3, -0.25) is 0 Å². The molecule has 1 fully saturated rings. The Balaban J connectivity index is 2.15. The minimum Gasteiger partial charge on any atom is -0.494 e. The van der Waals surface area contributed by atoms with Crippen LogP contribution in [0.1, 0.15) is 31.7 Å². The van der Waals surface area contributed by atoms with E-state index in [1.807, 2.05) is 31.2 Å². The monoisotopic (exact) mass is 266 g/mol. The zero-order valence-corrected chi connectivity index (χ0v) is 11.4. The van der Waals surface area contributed by atoms with Crippen LogP contribution in [0.4, 0.5) is 4.39 Å². The Labute approximate surface area is 114 Å². The van der Waals surface area contributed by atoms with E-state index in [1.165, 1.54) is 0 Å². The van der Waals surface area contributed by atoms with Gasteiger partial charge in [-0.25, -0.2) is 4.39 Å². The molecule has 2 rings (SSSR count). The first kappa shape index (κ1) is 14.3. The molecule has 0 aliphatic heterocycles. The molecule has 0 saturated heterocycles. The summed E-state index contributed by atoms with van der Waals surface area (Å²) in [5.74, 6) is 0.803. The highest BCUT2D eigenvalue weighted by Gasteiger charge is 2.40. The number of nitrogens with two attached hydrogens (primary N) is 2. The second kappa shape index (κ2) is 5.88. The number of hydrogen-bond acceptors (Lipinski definition) is 3. The number of ether oxygens (including phenoxy) is 1. The number of halogens is 1. The predicted molar refractivity (Wildman–Crippen MR) is 75.0 cm³/mol. The number of hydrogen-bond donors (Lipinski definition) is 2. The maximum atomic E-state index is 14.2. The highest BCUT2D eigenvalue weighted by atomic mass is 19.1. The van der Waals surface area contributed by atoms with Gasteiger partial charge >= 0.3 is 0 Å². The SMILES string of the molecule is CCOc1ccccc1CC1(N)CCC(N)CC1F. The molecule has 4 heteroatoms. The molecule has 3 atom stereocenters. The van der Waals surface area contributed by atoms with E-state index in [2.05, 4.69) is 0 Å². The molecule has 3 unspecified atom stereocenters. The molecule has 0 aromatic heterocycles. The first-order chi connectivity index (χ1) is 9.05. The van der Waals surface area contributed by atoms with Crippen LogP contribution in [0.3, 0.4) is 0 Å². The van der Waals surface area contributed by atoms with Crippen molar-refractivity contribution < 1.29 is 9.13 Å². The lowest BCUT2D eigenvalue weighted by Crippen LogP contribution is -2.56. The van der Waals surface area contributed by atoms with Crippen LogP contribution in [0, 0.1) is 0 Å². The van der Waals surface area contributed by atoms with Gasteiger partial charge in [0.15, 0.2) is 0 Å². The van der Waals surface area contributed by atoms with Gasteiger partial charge < -0.3 is 16.2 Å². The van der Waals surface area contributed by atoms with Crippen LogP contribution >= 0.6 is 0 Å². The molecular weight excluding hydrogens is 243 g/mol. The largest absolute Gasteiger partial charge is 0.494 e. The van der Waals surface area contributed by atoms with Crippen LogP contribution in [0.25, 0.3) is 0 Å². The topological polar surface area (TPSA) is 61.3 Å². The Morgan fingerprint density at radius 1 is 1.42 bits per heavy atom. The normalized spacial score (nSPS) is 31.2. The van der Waals surface area contributed by atoms with Gasteiger partial charge in [0, 0.05) is 6.04 Å². The van der Waals surface area contributed by atoms with E-state index in [4.69, 9.17) is 16.2 Å². The Kier molecular flexibility index (Phi) is 4.42. The molecule has 0 bridgehead atoms. The van der Waals surface area contributed by atoms with Gasteiger partial charge in [0.1, 0.15) is 11.9 Å². The summed E-state index contributed by atoms with van der Waals surface area (Å²) in [4.78, 5) is 0. The summed E-state index contributed by atoms with van der Waals surface area (Å²) in [6, 6.07) is 7.66. The van der Waals surface area contributed by atoms with Crippen LogP contribution < -0.4 is 16.2 Å². The second-order valence-corrected chi connectivity index (χ2v) is 5.45. The molecule has 0 heterocycles. The third-order valence-electron chi connectivity index (χ3n) is 3.91. The molecule has 1 aliphatic carbocycles. The Hall–Kier alpha value is -1.13. The van der Waals surface area contributed by atoms with Crippen LogP contribution in [0.5, 0.6) is 5.75 Å². The fourth-order valence-electron chi connectivity index (χ4n) is 2.73. The van der Waals surface area contributed by atoms with Crippen molar-refractivity contribution in [2.45, 2.75) is 50.4 Å². The highest BCUT2D eigenvalue weighted by molar-refractivity contribution is 5.35. The summed E-state index contributed by atoms with van der Waals surface area (Å²) in [6.45, 7) is 2.53. The summed E-state index contributed by atoms with van der Waals surface area (Å²) < 4.78 is 19.8. The average Bonchev–Trinajstić information content (AvgIpc) is 2.38. The molecule has 1 aromatic carbocycles. The summed E-state index contributed by atoms with van der Waals surface area (Å²) in [7, 11) is 0. The Morgan fingerprint density at radius 3 is 2.84 bits per heavy atom. The zero-order chi connectivity index (χ0) is 13.9. The average molecular weight is 266 g/mol. The molecular formula is C15H23FN2O. The molecule has 1 aromatic rings. The van der Waals surface area contributed by atoms with Gasteiger partial charge in [0.25, 0.3) is 0 Å². The van der Waals surface area contributed by atoms with E-state index in [-0.39, 0.29) is 6.04 Å². The van der Waals surface area contributed by atoms with E-state index < -0.39 is 11.7 Å². The Bertz CT molecular complexity index is 426. The molecule has 1 aliphatic rings. The first-order valence-electron chi connectivity index (χ1n) is 6.94. The minimum atomic E-state index is -1.05. The fraction of sp³-hybridized carbons (Fsp3) is 0.600. The maximum Gasteiger partial charge on any atom is 0.122 e. The van der Waals surface area contributed by atoms with Gasteiger partial charge in [-0.15, -0.1) is 0 Å². The van der Waals surface area contributed by atoms with Crippen LogP contribution in [0.15, 0.2) is 24.3 Å². The van der Waals surface area contributed by atoms with Gasteiger partial charge in [0.05, 0.1) is 12.1 Å². The van der Waals surface area contributed by atoms with Crippen molar-refractivity contribution in [3.63, 3.8) is 0 Å². The molecule has 4 N–H and O–H groups in total. The van der Waals surface area contributed by atoms with E-state index in [0.717, 1.165) is 17.7 Å². The lowest BCUT2D eigenvalue weighted by molar-refractivity contribution is 0.118. The summed E-state index contributed by atoms with van der Waals surface area (Å²) in [5, 5.41) is 0. The molecule has 106 valence electrons. The van der Waals surface area contributed by atoms with Crippen LogP contribution in [-0.2, 0) is 6.42 Å². The van der Waals surface area contributed by atoms with Crippen molar-refractivity contribution in [1.82, 2.24) is 0 Å². The van der Waals surface area contributed by atoms with E-state index in [9.17, 15) is 4.39 Å². The smallest absolute Gasteiger partial charge is 0.122 e. The second-order valence-electron chi connectivity index (χ2n) is 5.45. The van der Waals surface area contributed by atoms with E-state index >= 15 is 0 Å². The number of benzene rings is 1. The molecule has 19 heavy (non-hydrogen) atoms. The Morgan fingerprint density at radius 2 is 2.16 bits per heavy atom. The predicted octanol–water partition coefficient (Wildman–Crippen LogP) is 2.17. The van der Waals surface area contributed by atoms with Crippen molar-refractivity contribution in [2.24, 2.45) is 11.5 Å². The van der Waals surface area contributed by atoms with E-state index in [1.54, 1.807) is 0 Å². The van der Waals surface area contributed by atoms with Crippen molar-refractivity contribution in [3.8, 4) is 5.75 Å². The van der Waals surface area contributed by atoms with Gasteiger partial charge in [-0.1, -0.05) is 18.2 Å². The third-order valence-corrected chi connectivity index (χ3v) is 3.91. The van der Waals surface area contributed by atoms with Gasteiger partial charge in [0.2, 0.25) is 0 Å². The standard InChI is InChI=1S/C15H23FN2O/c1-2-19-13-6-4-3-5-11(13)10-15(18)8-7-12(17)9-14(15)16/h3-6,12,14H,2,7-10,17-18H2,1H3. The summed E-state index contributed by atoms with van der Waals surface area (Å²) in [5.41, 5.74) is 12.2. The summed E-state index contributed by atoms with van der Waals surface area (Å²) in [6.07, 6.45) is 1.21. The van der Waals surface area contributed by atoms with Gasteiger partial charge in [-0.2, -0.15) is 0 Å². The van der Waals surface area contributed by atoms with Crippen molar-refractivity contribution in [1.29, 1.82) is 0 Å². The zero-order valence-electron chi connectivity index (χ0n) is 11.4. The molecule has 3 nitrogen and oxygen atoms in total. The van der Waals surface area contributed by atoms with Crippen molar-refractivity contribution >= 4 is 0 Å². The molecule has 0 amide bonds. The summed E-state index contributed by atoms with van der Waals surface area (Å²) >= 11 is 0. The number of alkyl halides is 1. The lowest BCUT2D eigenvalue weighted by Gasteiger charge is -2.39. The van der Waals surface area contributed by atoms with Gasteiger partial charge in [-0.05, 0) is 44.2 Å². The molecule has 0 radical (unpaired) electrons. The minimum absolute atomic E-state index is 0.0613. The highest BCUT2D eigenvalue weighted by Crippen LogP contribution is 2.33. The van der Waals surface area contributed by atoms with Crippen molar-refractivity contribution in [3.05, 3.63) is 29.8 Å². The van der Waals surface area contributed by atoms with Crippen molar-refractivity contribution in [2.75, 3.05) is 6.61 Å². The molecule has 0 spiro atoms. The van der Waals surface area contributed by atoms with E-state index in [0.29, 0.717) is 25.9 Å². The third kappa shape index (κ3) is 3.25. The quantitative estimate of drug-likeness (QED) is 0.878. The number of rotatable bonds is 4. The fourth-order valence-corrected chi connectivity index (χ4v) is 2.73. The van der Waals surface area contributed by atoms with Crippen LogP contribution in [-0.4, -0.2) is 24.4 Å². The maximum absolute atomic E-state index is 14.2. The lowest BCUT2D eigenvalue weighted by atomic mass is 9.75. The first-order valence-corrected chi connectivity index (χ1v) is 6.94. The number of para-hydroxylation sites is 1.